The summed E-state index contributed by atoms with van der Waals surface area (Å²) in [4.78, 5) is 24.1. The molecule has 1 aromatic rings. The van der Waals surface area contributed by atoms with Crippen LogP contribution in [0.1, 0.15) is 5.56 Å². The first kappa shape index (κ1) is 13.4. The van der Waals surface area contributed by atoms with Gasteiger partial charge >= 0.3 is 5.97 Å². The van der Waals surface area contributed by atoms with E-state index in [1.165, 1.54) is 4.90 Å². The normalized spacial score (nSPS) is 19.3. The molecule has 0 radical (unpaired) electrons. The van der Waals surface area contributed by atoms with Crippen LogP contribution in [-0.4, -0.2) is 48.2 Å². The summed E-state index contributed by atoms with van der Waals surface area (Å²) in [5, 5.41) is 8.91. The van der Waals surface area contributed by atoms with Crippen molar-refractivity contribution in [3.63, 3.8) is 0 Å². The molecule has 0 aromatic heterocycles. The highest BCUT2D eigenvalue weighted by molar-refractivity contribution is 5.81. The molecule has 0 bridgehead atoms. The van der Waals surface area contributed by atoms with Crippen molar-refractivity contribution in [3.05, 3.63) is 29.8 Å². The second kappa shape index (κ2) is 5.71. The van der Waals surface area contributed by atoms with Gasteiger partial charge in [0.25, 0.3) is 0 Å². The third-order valence-corrected chi connectivity index (χ3v) is 2.93. The molecule has 2 rings (SSSR count). The Hall–Kier alpha value is -2.08. The van der Waals surface area contributed by atoms with Crippen LogP contribution in [0.5, 0.6) is 5.75 Å². The van der Waals surface area contributed by atoms with E-state index in [1.54, 1.807) is 7.11 Å². The number of aliphatic carboxylic acids is 1. The SMILES string of the molecule is COc1cccc(CN2CC(C(=O)O)OCC2=O)c1. The van der Waals surface area contributed by atoms with Crippen LogP contribution in [0, 0.1) is 0 Å². The Kier molecular flexibility index (Phi) is 4.01. The van der Waals surface area contributed by atoms with Crippen molar-refractivity contribution in [2.24, 2.45) is 0 Å². The van der Waals surface area contributed by atoms with Crippen LogP contribution in [0.25, 0.3) is 0 Å². The van der Waals surface area contributed by atoms with Gasteiger partial charge in [0, 0.05) is 6.54 Å². The Morgan fingerprint density at radius 2 is 2.37 bits per heavy atom. The molecule has 0 spiro atoms. The summed E-state index contributed by atoms with van der Waals surface area (Å²) in [5.41, 5.74) is 0.888. The fourth-order valence-electron chi connectivity index (χ4n) is 1.91. The van der Waals surface area contributed by atoms with Crippen LogP contribution in [-0.2, 0) is 20.9 Å². The molecule has 1 amide bonds. The number of carboxylic acid groups (broad SMARTS) is 1. The number of rotatable bonds is 4. The van der Waals surface area contributed by atoms with E-state index in [-0.39, 0.29) is 19.1 Å². The maximum atomic E-state index is 11.7. The van der Waals surface area contributed by atoms with Crippen molar-refractivity contribution in [2.45, 2.75) is 12.6 Å². The van der Waals surface area contributed by atoms with E-state index in [0.29, 0.717) is 12.3 Å². The molecule has 1 aromatic carbocycles. The van der Waals surface area contributed by atoms with Gasteiger partial charge in [0.2, 0.25) is 5.91 Å². The van der Waals surface area contributed by atoms with Gasteiger partial charge in [-0.3, -0.25) is 4.79 Å². The Balaban J connectivity index is 2.07. The highest BCUT2D eigenvalue weighted by Gasteiger charge is 2.30. The molecule has 0 aliphatic carbocycles. The lowest BCUT2D eigenvalue weighted by Crippen LogP contribution is -2.49. The molecular formula is C13H15NO5. The van der Waals surface area contributed by atoms with E-state index in [4.69, 9.17) is 14.6 Å². The first-order valence-electron chi connectivity index (χ1n) is 5.85. The number of amides is 1. The predicted octanol–water partition coefficient (Wildman–Crippen LogP) is 0.507. The molecule has 1 saturated heterocycles. The minimum Gasteiger partial charge on any atom is -0.497 e. The summed E-state index contributed by atoms with van der Waals surface area (Å²) in [7, 11) is 1.57. The molecule has 0 saturated carbocycles. The van der Waals surface area contributed by atoms with Gasteiger partial charge in [0.1, 0.15) is 12.4 Å². The van der Waals surface area contributed by atoms with Gasteiger partial charge in [-0.1, -0.05) is 12.1 Å². The van der Waals surface area contributed by atoms with Gasteiger partial charge in [-0.05, 0) is 17.7 Å². The van der Waals surface area contributed by atoms with Crippen LogP contribution in [0.15, 0.2) is 24.3 Å². The second-order valence-corrected chi connectivity index (χ2v) is 4.26. The van der Waals surface area contributed by atoms with Crippen LogP contribution in [0.2, 0.25) is 0 Å². The number of ether oxygens (including phenoxy) is 2. The summed E-state index contributed by atoms with van der Waals surface area (Å²) in [5.74, 6) is -0.559. The number of methoxy groups -OCH3 is 1. The van der Waals surface area contributed by atoms with Gasteiger partial charge in [-0.2, -0.15) is 0 Å². The van der Waals surface area contributed by atoms with E-state index in [0.717, 1.165) is 5.56 Å². The molecule has 1 aliphatic rings. The van der Waals surface area contributed by atoms with Crippen molar-refractivity contribution in [1.29, 1.82) is 0 Å². The molecule has 19 heavy (non-hydrogen) atoms. The minimum absolute atomic E-state index is 0.0609. The lowest BCUT2D eigenvalue weighted by Gasteiger charge is -2.30. The van der Waals surface area contributed by atoms with E-state index < -0.39 is 12.1 Å². The molecule has 1 atom stereocenters. The van der Waals surface area contributed by atoms with E-state index >= 15 is 0 Å². The van der Waals surface area contributed by atoms with Crippen LogP contribution >= 0.6 is 0 Å². The van der Waals surface area contributed by atoms with Gasteiger partial charge in [0.15, 0.2) is 6.10 Å². The average Bonchev–Trinajstić information content (AvgIpc) is 2.41. The Labute approximate surface area is 110 Å². The molecule has 102 valence electrons. The van der Waals surface area contributed by atoms with Crippen molar-refractivity contribution in [1.82, 2.24) is 4.90 Å². The minimum atomic E-state index is -1.05. The van der Waals surface area contributed by atoms with Gasteiger partial charge < -0.3 is 19.5 Å². The summed E-state index contributed by atoms with van der Waals surface area (Å²) in [6.07, 6.45) is -0.955. The number of hydrogen-bond acceptors (Lipinski definition) is 4. The number of carboxylic acids is 1. The standard InChI is InChI=1S/C13H15NO5/c1-18-10-4-2-3-9(5-10)6-14-7-11(13(16)17)19-8-12(14)15/h2-5,11H,6-8H2,1H3,(H,16,17). The first-order valence-corrected chi connectivity index (χ1v) is 5.85. The van der Waals surface area contributed by atoms with Crippen LogP contribution in [0.4, 0.5) is 0 Å². The molecule has 1 N–H and O–H groups in total. The molecule has 1 fully saturated rings. The number of hydrogen-bond donors (Lipinski definition) is 1. The average molecular weight is 265 g/mol. The van der Waals surface area contributed by atoms with Crippen LogP contribution < -0.4 is 4.74 Å². The zero-order valence-corrected chi connectivity index (χ0v) is 10.5. The Morgan fingerprint density at radius 3 is 3.05 bits per heavy atom. The number of morpholine rings is 1. The van der Waals surface area contributed by atoms with Crippen molar-refractivity contribution < 1.29 is 24.2 Å². The summed E-state index contributed by atoms with van der Waals surface area (Å²) in [6.45, 7) is 0.218. The fourth-order valence-corrected chi connectivity index (χ4v) is 1.91. The van der Waals surface area contributed by atoms with E-state index in [2.05, 4.69) is 0 Å². The van der Waals surface area contributed by atoms with Crippen LogP contribution in [0.3, 0.4) is 0 Å². The second-order valence-electron chi connectivity index (χ2n) is 4.26. The number of nitrogens with zero attached hydrogens (tertiary/aromatic N) is 1. The predicted molar refractivity (Wildman–Crippen MR) is 65.8 cm³/mol. The third kappa shape index (κ3) is 3.23. The first-order chi connectivity index (χ1) is 9.10. The third-order valence-electron chi connectivity index (χ3n) is 2.93. The smallest absolute Gasteiger partial charge is 0.334 e. The highest BCUT2D eigenvalue weighted by atomic mass is 16.5. The largest absolute Gasteiger partial charge is 0.497 e. The topological polar surface area (TPSA) is 76.1 Å². The quantitative estimate of drug-likeness (QED) is 0.858. The van der Waals surface area contributed by atoms with E-state index in [1.807, 2.05) is 24.3 Å². The van der Waals surface area contributed by atoms with Gasteiger partial charge in [0.05, 0.1) is 13.7 Å². The maximum Gasteiger partial charge on any atom is 0.334 e. The van der Waals surface area contributed by atoms with Gasteiger partial charge in [-0.15, -0.1) is 0 Å². The Bertz CT molecular complexity index is 488. The maximum absolute atomic E-state index is 11.7. The molecule has 1 heterocycles. The number of carbonyl (C=O) groups is 2. The monoisotopic (exact) mass is 265 g/mol. The zero-order valence-electron chi connectivity index (χ0n) is 10.5. The molecule has 6 heteroatoms. The molecular weight excluding hydrogens is 250 g/mol. The summed E-state index contributed by atoms with van der Waals surface area (Å²) < 4.78 is 10.1. The lowest BCUT2D eigenvalue weighted by molar-refractivity contribution is -0.165. The molecule has 1 unspecified atom stereocenters. The summed E-state index contributed by atoms with van der Waals surface area (Å²) in [6, 6.07) is 7.32. The molecule has 6 nitrogen and oxygen atoms in total. The van der Waals surface area contributed by atoms with Crippen molar-refractivity contribution in [2.75, 3.05) is 20.3 Å². The summed E-state index contributed by atoms with van der Waals surface area (Å²) >= 11 is 0. The number of benzene rings is 1. The number of carbonyl (C=O) groups excluding carboxylic acids is 1. The Morgan fingerprint density at radius 1 is 1.58 bits per heavy atom. The fraction of sp³-hybridized carbons (Fsp3) is 0.385. The zero-order chi connectivity index (χ0) is 13.8. The lowest BCUT2D eigenvalue weighted by atomic mass is 10.1. The van der Waals surface area contributed by atoms with Gasteiger partial charge in [-0.25, -0.2) is 4.79 Å². The van der Waals surface area contributed by atoms with Crippen molar-refractivity contribution >= 4 is 11.9 Å². The molecule has 1 aliphatic heterocycles. The highest BCUT2D eigenvalue weighted by Crippen LogP contribution is 2.16. The van der Waals surface area contributed by atoms with Crippen molar-refractivity contribution in [3.8, 4) is 5.75 Å². The van der Waals surface area contributed by atoms with E-state index in [9.17, 15) is 9.59 Å².